The molecule has 2 rings (SSSR count). The molecule has 0 aromatic heterocycles. The van der Waals surface area contributed by atoms with Gasteiger partial charge in [0.15, 0.2) is 0 Å². The quantitative estimate of drug-likeness (QED) is 0.778. The van der Waals surface area contributed by atoms with Gasteiger partial charge in [-0.1, -0.05) is 12.1 Å². The third kappa shape index (κ3) is 1.95. The lowest BCUT2D eigenvalue weighted by Gasteiger charge is -2.18. The lowest BCUT2D eigenvalue weighted by atomic mass is 10.2. The molecule has 5 nitrogen and oxygen atoms in total. The molecule has 0 unspecified atom stereocenters. The topological polar surface area (TPSA) is 49.9 Å². The number of methoxy groups -OCH3 is 1. The smallest absolute Gasteiger partial charge is 0.331 e. The van der Waals surface area contributed by atoms with Gasteiger partial charge >= 0.3 is 6.03 Å². The van der Waals surface area contributed by atoms with E-state index in [1.165, 1.54) is 11.8 Å². The first kappa shape index (κ1) is 11.4. The van der Waals surface area contributed by atoms with E-state index >= 15 is 0 Å². The molecule has 0 spiro atoms. The number of hydrogen-bond acceptors (Lipinski definition) is 3. The highest BCUT2D eigenvalue weighted by Crippen LogP contribution is 2.30. The van der Waals surface area contributed by atoms with Crippen molar-refractivity contribution in [1.82, 2.24) is 4.90 Å². The Balaban J connectivity index is 2.30. The van der Waals surface area contributed by atoms with Crippen LogP contribution in [0.1, 0.15) is 6.92 Å². The van der Waals surface area contributed by atoms with Gasteiger partial charge in [0.1, 0.15) is 5.75 Å². The molecule has 1 aliphatic rings. The standard InChI is InChI=1S/C12H14N2O3/c1-9(15)13-7-8-14(12(13)16)10-5-3-4-6-11(10)17-2/h3-6H,7-8H2,1-2H3. The summed E-state index contributed by atoms with van der Waals surface area (Å²) in [6, 6.07) is 6.98. The number of carbonyl (C=O) groups excluding carboxylic acids is 2. The Hall–Kier alpha value is -2.04. The van der Waals surface area contributed by atoms with Gasteiger partial charge in [0.2, 0.25) is 5.91 Å². The number of para-hydroxylation sites is 2. The number of carbonyl (C=O) groups is 2. The molecule has 1 heterocycles. The van der Waals surface area contributed by atoms with Crippen LogP contribution >= 0.6 is 0 Å². The second kappa shape index (κ2) is 4.45. The van der Waals surface area contributed by atoms with Crippen LogP contribution in [0.5, 0.6) is 5.75 Å². The van der Waals surface area contributed by atoms with Crippen LogP contribution in [-0.4, -0.2) is 37.0 Å². The van der Waals surface area contributed by atoms with Crippen LogP contribution in [0, 0.1) is 0 Å². The minimum atomic E-state index is -0.290. The van der Waals surface area contributed by atoms with Gasteiger partial charge in [0.05, 0.1) is 12.8 Å². The zero-order chi connectivity index (χ0) is 12.4. The van der Waals surface area contributed by atoms with Gasteiger partial charge < -0.3 is 4.74 Å². The molecule has 1 aromatic rings. The van der Waals surface area contributed by atoms with Crippen LogP contribution in [0.3, 0.4) is 0 Å². The SMILES string of the molecule is COc1ccccc1N1CCN(C(C)=O)C1=O. The molecule has 5 heteroatoms. The molecule has 90 valence electrons. The molecule has 0 saturated carbocycles. The first-order valence-electron chi connectivity index (χ1n) is 5.37. The number of rotatable bonds is 2. The van der Waals surface area contributed by atoms with Crippen molar-refractivity contribution < 1.29 is 14.3 Å². The summed E-state index contributed by atoms with van der Waals surface area (Å²) in [4.78, 5) is 26.0. The Bertz CT molecular complexity index is 459. The number of imide groups is 1. The monoisotopic (exact) mass is 234 g/mol. The highest BCUT2D eigenvalue weighted by atomic mass is 16.5. The highest BCUT2D eigenvalue weighted by Gasteiger charge is 2.33. The molecule has 1 aromatic carbocycles. The summed E-state index contributed by atoms with van der Waals surface area (Å²) in [6.07, 6.45) is 0. The van der Waals surface area contributed by atoms with Crippen molar-refractivity contribution in [3.8, 4) is 5.75 Å². The summed E-state index contributed by atoms with van der Waals surface area (Å²) < 4.78 is 5.20. The predicted octanol–water partition coefficient (Wildman–Crippen LogP) is 1.48. The second-order valence-electron chi connectivity index (χ2n) is 3.78. The van der Waals surface area contributed by atoms with E-state index in [-0.39, 0.29) is 11.9 Å². The van der Waals surface area contributed by atoms with Gasteiger partial charge in [-0.3, -0.25) is 14.6 Å². The zero-order valence-corrected chi connectivity index (χ0v) is 9.84. The fourth-order valence-corrected chi connectivity index (χ4v) is 1.91. The summed E-state index contributed by atoms with van der Waals surface area (Å²) in [5, 5.41) is 0. The maximum absolute atomic E-state index is 12.0. The molecule has 0 atom stereocenters. The molecule has 0 aliphatic carbocycles. The molecule has 3 amide bonds. The summed E-state index contributed by atoms with van der Waals surface area (Å²) in [5.41, 5.74) is 0.698. The Morgan fingerprint density at radius 2 is 2.00 bits per heavy atom. The number of urea groups is 1. The fraction of sp³-hybridized carbons (Fsp3) is 0.333. The van der Waals surface area contributed by atoms with Crippen LogP contribution in [0.15, 0.2) is 24.3 Å². The Morgan fingerprint density at radius 1 is 1.29 bits per heavy atom. The van der Waals surface area contributed by atoms with Crippen molar-refractivity contribution in [1.29, 1.82) is 0 Å². The molecule has 1 fully saturated rings. The highest BCUT2D eigenvalue weighted by molar-refractivity contribution is 6.04. The van der Waals surface area contributed by atoms with Gasteiger partial charge in [0, 0.05) is 20.0 Å². The van der Waals surface area contributed by atoms with E-state index in [1.54, 1.807) is 24.1 Å². The van der Waals surface area contributed by atoms with Crippen LogP contribution in [0.25, 0.3) is 0 Å². The zero-order valence-electron chi connectivity index (χ0n) is 9.84. The largest absolute Gasteiger partial charge is 0.495 e. The first-order valence-corrected chi connectivity index (χ1v) is 5.37. The second-order valence-corrected chi connectivity index (χ2v) is 3.78. The van der Waals surface area contributed by atoms with E-state index in [9.17, 15) is 9.59 Å². The van der Waals surface area contributed by atoms with Crippen molar-refractivity contribution in [2.75, 3.05) is 25.1 Å². The van der Waals surface area contributed by atoms with Crippen LogP contribution in [-0.2, 0) is 4.79 Å². The average Bonchev–Trinajstić information content (AvgIpc) is 2.71. The molecule has 17 heavy (non-hydrogen) atoms. The fourth-order valence-electron chi connectivity index (χ4n) is 1.91. The Kier molecular flexibility index (Phi) is 2.99. The van der Waals surface area contributed by atoms with Crippen LogP contribution in [0.2, 0.25) is 0 Å². The maximum Gasteiger partial charge on any atom is 0.331 e. The number of benzene rings is 1. The van der Waals surface area contributed by atoms with Crippen molar-refractivity contribution in [2.45, 2.75) is 6.92 Å². The Morgan fingerprint density at radius 3 is 2.59 bits per heavy atom. The van der Waals surface area contributed by atoms with Crippen LogP contribution in [0.4, 0.5) is 10.5 Å². The molecule has 0 bridgehead atoms. The van der Waals surface area contributed by atoms with E-state index in [1.807, 2.05) is 12.1 Å². The molecular formula is C12H14N2O3. The lowest BCUT2D eigenvalue weighted by molar-refractivity contribution is -0.125. The minimum absolute atomic E-state index is 0.229. The number of nitrogens with zero attached hydrogens (tertiary/aromatic N) is 2. The van der Waals surface area contributed by atoms with E-state index in [2.05, 4.69) is 0 Å². The van der Waals surface area contributed by atoms with Crippen molar-refractivity contribution >= 4 is 17.6 Å². The van der Waals surface area contributed by atoms with Crippen molar-refractivity contribution in [3.63, 3.8) is 0 Å². The summed E-state index contributed by atoms with van der Waals surface area (Å²) in [5.74, 6) is 0.402. The molecule has 1 saturated heterocycles. The van der Waals surface area contributed by atoms with E-state index < -0.39 is 0 Å². The van der Waals surface area contributed by atoms with Crippen molar-refractivity contribution in [2.24, 2.45) is 0 Å². The lowest BCUT2D eigenvalue weighted by Crippen LogP contribution is -2.34. The number of ether oxygens (including phenoxy) is 1. The van der Waals surface area contributed by atoms with Gasteiger partial charge in [-0.25, -0.2) is 4.79 Å². The minimum Gasteiger partial charge on any atom is -0.495 e. The van der Waals surface area contributed by atoms with Gasteiger partial charge in [-0.15, -0.1) is 0 Å². The van der Waals surface area contributed by atoms with E-state index in [0.717, 1.165) is 0 Å². The molecule has 1 aliphatic heterocycles. The van der Waals surface area contributed by atoms with Crippen molar-refractivity contribution in [3.05, 3.63) is 24.3 Å². The van der Waals surface area contributed by atoms with Gasteiger partial charge in [0.25, 0.3) is 0 Å². The maximum atomic E-state index is 12.0. The molecular weight excluding hydrogens is 220 g/mol. The van der Waals surface area contributed by atoms with E-state index in [4.69, 9.17) is 4.74 Å². The Labute approximate surface area is 99.6 Å². The van der Waals surface area contributed by atoms with Crippen LogP contribution < -0.4 is 9.64 Å². The number of amides is 3. The van der Waals surface area contributed by atoms with Gasteiger partial charge in [-0.05, 0) is 12.1 Å². The summed E-state index contributed by atoms with van der Waals surface area (Å²) >= 11 is 0. The molecule has 0 N–H and O–H groups in total. The first-order chi connectivity index (χ1) is 8.15. The van der Waals surface area contributed by atoms with Gasteiger partial charge in [-0.2, -0.15) is 0 Å². The van der Waals surface area contributed by atoms with E-state index in [0.29, 0.717) is 24.5 Å². The average molecular weight is 234 g/mol. The third-order valence-corrected chi connectivity index (χ3v) is 2.77. The summed E-state index contributed by atoms with van der Waals surface area (Å²) in [7, 11) is 1.56. The molecule has 0 radical (unpaired) electrons. The third-order valence-electron chi connectivity index (χ3n) is 2.77. The predicted molar refractivity (Wildman–Crippen MR) is 63.1 cm³/mol. The number of hydrogen-bond donors (Lipinski definition) is 0. The summed E-state index contributed by atoms with van der Waals surface area (Å²) in [6.45, 7) is 2.31. The normalized spacial score (nSPS) is 15.3. The number of anilines is 1.